The topological polar surface area (TPSA) is 80.1 Å². The molecule has 0 aliphatic carbocycles. The molecule has 0 bridgehead atoms. The van der Waals surface area contributed by atoms with Gasteiger partial charge in [-0.15, -0.1) is 10.2 Å². The first-order chi connectivity index (χ1) is 14.3. The van der Waals surface area contributed by atoms with Gasteiger partial charge in [-0.3, -0.25) is 4.90 Å². The van der Waals surface area contributed by atoms with Crippen molar-refractivity contribution in [2.75, 3.05) is 19.3 Å². The van der Waals surface area contributed by atoms with Gasteiger partial charge in [-0.2, -0.15) is 0 Å². The maximum Gasteiger partial charge on any atom is 0.209 e. The lowest BCUT2D eigenvalue weighted by atomic mass is 10.0. The normalized spacial score (nSPS) is 16.5. The molecule has 0 amide bonds. The van der Waals surface area contributed by atoms with Gasteiger partial charge in [0.25, 0.3) is 0 Å². The second-order valence-corrected chi connectivity index (χ2v) is 10.2. The van der Waals surface area contributed by atoms with Crippen molar-refractivity contribution >= 4 is 20.8 Å². The fourth-order valence-corrected chi connectivity index (χ4v) is 5.00. The summed E-state index contributed by atoms with van der Waals surface area (Å²) in [5, 5.41) is 11.3. The SMILES string of the molecule is CC(C)C(NS(C)(=O)=O)c1nnc2n1CCN(Cc1cccc3ccccc13)CC2. The third-order valence-corrected chi connectivity index (χ3v) is 6.39. The number of hydrogen-bond donors (Lipinski definition) is 1. The molecule has 1 atom stereocenters. The summed E-state index contributed by atoms with van der Waals surface area (Å²) < 4.78 is 28.6. The van der Waals surface area contributed by atoms with Crippen LogP contribution < -0.4 is 4.72 Å². The zero-order valence-corrected chi connectivity index (χ0v) is 18.6. The highest BCUT2D eigenvalue weighted by Crippen LogP contribution is 2.24. The summed E-state index contributed by atoms with van der Waals surface area (Å²) in [4.78, 5) is 2.44. The third kappa shape index (κ3) is 4.55. The van der Waals surface area contributed by atoms with Gasteiger partial charge in [-0.25, -0.2) is 13.1 Å². The van der Waals surface area contributed by atoms with Gasteiger partial charge in [0.05, 0.1) is 12.3 Å². The summed E-state index contributed by atoms with van der Waals surface area (Å²) in [6, 6.07) is 14.6. The van der Waals surface area contributed by atoms with Gasteiger partial charge < -0.3 is 4.57 Å². The average molecular weight is 428 g/mol. The van der Waals surface area contributed by atoms with Crippen molar-refractivity contribution in [3.05, 3.63) is 59.7 Å². The molecule has 0 fully saturated rings. The van der Waals surface area contributed by atoms with Crippen molar-refractivity contribution in [2.24, 2.45) is 5.92 Å². The highest BCUT2D eigenvalue weighted by molar-refractivity contribution is 7.88. The predicted octanol–water partition coefficient (Wildman–Crippen LogP) is 2.74. The van der Waals surface area contributed by atoms with Crippen LogP contribution in [-0.4, -0.2) is 47.4 Å². The Kier molecular flexibility index (Phi) is 5.90. The molecule has 4 rings (SSSR count). The Hall–Kier alpha value is -2.29. The Balaban J connectivity index is 1.54. The number of fused-ring (bicyclic) bond motifs is 2. The minimum atomic E-state index is -3.34. The number of nitrogens with zero attached hydrogens (tertiary/aromatic N) is 4. The van der Waals surface area contributed by atoms with E-state index >= 15 is 0 Å². The first-order valence-corrected chi connectivity index (χ1v) is 12.3. The molecule has 1 aliphatic rings. The Bertz CT molecular complexity index is 1130. The molecule has 0 saturated heterocycles. The van der Waals surface area contributed by atoms with Gasteiger partial charge in [0.1, 0.15) is 5.82 Å². The summed E-state index contributed by atoms with van der Waals surface area (Å²) in [6.45, 7) is 7.38. The van der Waals surface area contributed by atoms with E-state index in [1.54, 1.807) is 0 Å². The van der Waals surface area contributed by atoms with E-state index in [9.17, 15) is 8.42 Å². The van der Waals surface area contributed by atoms with Crippen molar-refractivity contribution < 1.29 is 8.42 Å². The van der Waals surface area contributed by atoms with Crippen LogP contribution >= 0.6 is 0 Å². The van der Waals surface area contributed by atoms with E-state index in [1.807, 2.05) is 13.8 Å². The van der Waals surface area contributed by atoms with Crippen LogP contribution in [-0.2, 0) is 29.5 Å². The van der Waals surface area contributed by atoms with E-state index in [-0.39, 0.29) is 12.0 Å². The summed E-state index contributed by atoms with van der Waals surface area (Å²) in [5.74, 6) is 1.70. The van der Waals surface area contributed by atoms with Crippen LogP contribution in [0, 0.1) is 5.92 Å². The van der Waals surface area contributed by atoms with E-state index < -0.39 is 10.0 Å². The summed E-state index contributed by atoms with van der Waals surface area (Å²) in [6.07, 6.45) is 1.98. The molecule has 7 nitrogen and oxygen atoms in total. The van der Waals surface area contributed by atoms with Crippen molar-refractivity contribution in [3.8, 4) is 0 Å². The maximum atomic E-state index is 11.9. The number of aromatic nitrogens is 3. The Morgan fingerprint density at radius 1 is 1.03 bits per heavy atom. The number of benzene rings is 2. The Morgan fingerprint density at radius 3 is 2.57 bits per heavy atom. The lowest BCUT2D eigenvalue weighted by Gasteiger charge is -2.23. The molecule has 8 heteroatoms. The molecule has 0 radical (unpaired) electrons. The van der Waals surface area contributed by atoms with Gasteiger partial charge in [0.15, 0.2) is 5.82 Å². The van der Waals surface area contributed by atoms with Gasteiger partial charge >= 0.3 is 0 Å². The summed E-state index contributed by atoms with van der Waals surface area (Å²) in [7, 11) is -3.34. The van der Waals surface area contributed by atoms with Gasteiger partial charge in [-0.05, 0) is 22.3 Å². The van der Waals surface area contributed by atoms with E-state index in [2.05, 4.69) is 66.9 Å². The van der Waals surface area contributed by atoms with Crippen molar-refractivity contribution in [1.82, 2.24) is 24.4 Å². The molecule has 2 aromatic carbocycles. The molecule has 160 valence electrons. The molecule has 1 aliphatic heterocycles. The van der Waals surface area contributed by atoms with Crippen LogP contribution in [0.1, 0.15) is 37.1 Å². The molecule has 1 unspecified atom stereocenters. The predicted molar refractivity (Wildman–Crippen MR) is 119 cm³/mol. The number of sulfonamides is 1. The quantitative estimate of drug-likeness (QED) is 0.654. The molecular weight excluding hydrogens is 398 g/mol. The van der Waals surface area contributed by atoms with E-state index in [0.717, 1.165) is 38.4 Å². The smallest absolute Gasteiger partial charge is 0.209 e. The monoisotopic (exact) mass is 427 g/mol. The fourth-order valence-electron chi connectivity index (χ4n) is 4.17. The molecule has 2 heterocycles. The fraction of sp³-hybridized carbons (Fsp3) is 0.455. The Morgan fingerprint density at radius 2 is 1.80 bits per heavy atom. The Labute approximate surface area is 178 Å². The van der Waals surface area contributed by atoms with E-state index in [1.165, 1.54) is 22.6 Å². The minimum absolute atomic E-state index is 0.0723. The number of hydrogen-bond acceptors (Lipinski definition) is 5. The molecule has 1 aromatic heterocycles. The molecule has 3 aromatic rings. The van der Waals surface area contributed by atoms with Crippen LogP contribution in [0.2, 0.25) is 0 Å². The lowest BCUT2D eigenvalue weighted by Crippen LogP contribution is -2.33. The van der Waals surface area contributed by atoms with Crippen molar-refractivity contribution in [1.29, 1.82) is 0 Å². The molecule has 0 saturated carbocycles. The largest absolute Gasteiger partial charge is 0.312 e. The van der Waals surface area contributed by atoms with Crippen LogP contribution in [0.3, 0.4) is 0 Å². The van der Waals surface area contributed by atoms with Gasteiger partial charge in [-0.1, -0.05) is 56.3 Å². The molecule has 1 N–H and O–H groups in total. The maximum absolute atomic E-state index is 11.9. The summed E-state index contributed by atoms with van der Waals surface area (Å²) >= 11 is 0. The van der Waals surface area contributed by atoms with Gasteiger partial charge in [0.2, 0.25) is 10.0 Å². The molecule has 0 spiro atoms. The lowest BCUT2D eigenvalue weighted by molar-refractivity contribution is 0.270. The zero-order valence-electron chi connectivity index (χ0n) is 17.7. The first-order valence-electron chi connectivity index (χ1n) is 10.4. The van der Waals surface area contributed by atoms with E-state index in [4.69, 9.17) is 0 Å². The average Bonchev–Trinajstić information content (AvgIpc) is 2.99. The second kappa shape index (κ2) is 8.45. The highest BCUT2D eigenvalue weighted by Gasteiger charge is 2.28. The van der Waals surface area contributed by atoms with Crippen LogP contribution in [0.4, 0.5) is 0 Å². The van der Waals surface area contributed by atoms with Crippen LogP contribution in [0.5, 0.6) is 0 Å². The van der Waals surface area contributed by atoms with Gasteiger partial charge in [0, 0.05) is 32.6 Å². The summed E-state index contributed by atoms with van der Waals surface area (Å²) in [5.41, 5.74) is 1.32. The standard InChI is InChI=1S/C22H29N5O2S/c1-16(2)21(25-30(3,28)29)22-24-23-20-11-12-26(13-14-27(20)22)15-18-9-6-8-17-7-4-5-10-19(17)18/h4-10,16,21,25H,11-15H2,1-3H3. The van der Waals surface area contributed by atoms with E-state index in [0.29, 0.717) is 5.82 Å². The minimum Gasteiger partial charge on any atom is -0.312 e. The van der Waals surface area contributed by atoms with Crippen molar-refractivity contribution in [3.63, 3.8) is 0 Å². The van der Waals surface area contributed by atoms with Crippen molar-refractivity contribution in [2.45, 2.75) is 39.4 Å². The second-order valence-electron chi connectivity index (χ2n) is 8.40. The number of rotatable bonds is 6. The molecular formula is C22H29N5O2S. The van der Waals surface area contributed by atoms with Crippen LogP contribution in [0.25, 0.3) is 10.8 Å². The third-order valence-electron chi connectivity index (χ3n) is 5.71. The highest BCUT2D eigenvalue weighted by atomic mass is 32.2. The first kappa shape index (κ1) is 21.0. The van der Waals surface area contributed by atoms with Crippen LogP contribution in [0.15, 0.2) is 42.5 Å². The number of nitrogens with one attached hydrogen (secondary N) is 1. The molecule has 30 heavy (non-hydrogen) atoms. The zero-order chi connectivity index (χ0) is 21.3.